The zero-order valence-corrected chi connectivity index (χ0v) is 18.9. The number of hydrogen-bond donors (Lipinski definition) is 3. The maximum atomic E-state index is 12.9. The van der Waals surface area contributed by atoms with Crippen molar-refractivity contribution in [3.05, 3.63) is 17.8 Å². The fourth-order valence-electron chi connectivity index (χ4n) is 2.73. The normalized spacial score (nSPS) is 14.2. The highest BCUT2D eigenvalue weighted by molar-refractivity contribution is 7.92. The number of carbonyl (C=O) groups excluding carboxylic acids is 1. The molecule has 0 unspecified atom stereocenters. The van der Waals surface area contributed by atoms with E-state index < -0.39 is 22.2 Å². The number of amides is 1. The van der Waals surface area contributed by atoms with Crippen LogP contribution in [0.3, 0.4) is 0 Å². The maximum Gasteiger partial charge on any atom is 0.490 e. The molecule has 1 saturated heterocycles. The van der Waals surface area contributed by atoms with E-state index >= 15 is 0 Å². The van der Waals surface area contributed by atoms with E-state index in [1.165, 1.54) is 6.20 Å². The second kappa shape index (κ2) is 11.9. The highest BCUT2D eigenvalue weighted by atomic mass is 32.2. The van der Waals surface area contributed by atoms with Crippen molar-refractivity contribution >= 4 is 33.4 Å². The van der Waals surface area contributed by atoms with Gasteiger partial charge in [-0.15, -0.1) is 0 Å². The van der Waals surface area contributed by atoms with Crippen molar-refractivity contribution in [3.8, 4) is 0 Å². The SMILES string of the molecule is CCN(CC)C(=O)c1cc(NS(=O)(=O)CC)cnc1N1CCNCC1.O=C(O)C(F)(F)F. The highest BCUT2D eigenvalue weighted by Gasteiger charge is 2.38. The first-order valence-corrected chi connectivity index (χ1v) is 11.6. The van der Waals surface area contributed by atoms with Crippen molar-refractivity contribution in [1.29, 1.82) is 0 Å². The molecule has 1 amide bonds. The molecule has 0 saturated carbocycles. The minimum atomic E-state index is -5.08. The Morgan fingerprint density at radius 2 is 1.75 bits per heavy atom. The second-order valence-corrected chi connectivity index (χ2v) is 8.63. The Balaban J connectivity index is 0.000000633. The molecule has 0 aromatic carbocycles. The molecule has 0 radical (unpaired) electrons. The summed E-state index contributed by atoms with van der Waals surface area (Å²) in [6, 6.07) is 1.60. The van der Waals surface area contributed by atoms with E-state index in [9.17, 15) is 26.4 Å². The van der Waals surface area contributed by atoms with Crippen LogP contribution in [0.25, 0.3) is 0 Å². The molecule has 182 valence electrons. The smallest absolute Gasteiger partial charge is 0.475 e. The first-order valence-electron chi connectivity index (χ1n) is 9.91. The number of aliphatic carboxylic acids is 1. The minimum Gasteiger partial charge on any atom is -0.475 e. The monoisotopic (exact) mass is 483 g/mol. The lowest BCUT2D eigenvalue weighted by Gasteiger charge is -2.31. The van der Waals surface area contributed by atoms with Crippen LogP contribution in [0.4, 0.5) is 24.7 Å². The Labute approximate surface area is 184 Å². The Hall–Kier alpha value is -2.61. The molecule has 2 rings (SSSR count). The van der Waals surface area contributed by atoms with E-state index in [1.54, 1.807) is 17.9 Å². The van der Waals surface area contributed by atoms with Gasteiger partial charge in [-0.3, -0.25) is 9.52 Å². The van der Waals surface area contributed by atoms with Gasteiger partial charge in [-0.05, 0) is 26.8 Å². The summed E-state index contributed by atoms with van der Waals surface area (Å²) in [4.78, 5) is 30.0. The summed E-state index contributed by atoms with van der Waals surface area (Å²) >= 11 is 0. The van der Waals surface area contributed by atoms with Crippen LogP contribution in [0, 0.1) is 0 Å². The number of aromatic nitrogens is 1. The predicted octanol–water partition coefficient (Wildman–Crippen LogP) is 1.37. The van der Waals surface area contributed by atoms with Gasteiger partial charge in [-0.25, -0.2) is 18.2 Å². The van der Waals surface area contributed by atoms with Gasteiger partial charge in [0.15, 0.2) is 0 Å². The number of rotatable bonds is 7. The maximum absolute atomic E-state index is 12.9. The van der Waals surface area contributed by atoms with E-state index in [-0.39, 0.29) is 11.7 Å². The molecule has 10 nitrogen and oxygen atoms in total. The first-order chi connectivity index (χ1) is 14.9. The molecule has 1 aromatic rings. The molecule has 0 atom stereocenters. The number of carboxylic acids is 1. The zero-order chi connectivity index (χ0) is 24.5. The molecule has 0 aliphatic carbocycles. The number of anilines is 2. The van der Waals surface area contributed by atoms with Gasteiger partial charge in [0.1, 0.15) is 5.82 Å². The average molecular weight is 484 g/mol. The Morgan fingerprint density at radius 1 is 1.22 bits per heavy atom. The fourth-order valence-corrected chi connectivity index (χ4v) is 3.35. The van der Waals surface area contributed by atoms with E-state index in [4.69, 9.17) is 9.90 Å². The van der Waals surface area contributed by atoms with E-state index in [0.29, 0.717) is 30.2 Å². The summed E-state index contributed by atoms with van der Waals surface area (Å²) < 4.78 is 57.9. The molecule has 1 aliphatic rings. The lowest BCUT2D eigenvalue weighted by atomic mass is 10.1. The molecule has 1 aromatic heterocycles. The number of piperazine rings is 1. The molecule has 1 aliphatic heterocycles. The van der Waals surface area contributed by atoms with Crippen LogP contribution >= 0.6 is 0 Å². The minimum absolute atomic E-state index is 0.0358. The molecule has 0 bridgehead atoms. The molecule has 1 fully saturated rings. The molecule has 32 heavy (non-hydrogen) atoms. The van der Waals surface area contributed by atoms with Crippen LogP contribution in [0.5, 0.6) is 0 Å². The third-order valence-corrected chi connectivity index (χ3v) is 5.77. The van der Waals surface area contributed by atoms with Crippen LogP contribution < -0.4 is 14.9 Å². The van der Waals surface area contributed by atoms with Gasteiger partial charge in [0.2, 0.25) is 10.0 Å². The molecule has 14 heteroatoms. The summed E-state index contributed by atoms with van der Waals surface area (Å²) in [7, 11) is -3.42. The lowest BCUT2D eigenvalue weighted by molar-refractivity contribution is -0.192. The lowest BCUT2D eigenvalue weighted by Crippen LogP contribution is -2.45. The van der Waals surface area contributed by atoms with Gasteiger partial charge in [0, 0.05) is 39.3 Å². The number of alkyl halides is 3. The van der Waals surface area contributed by atoms with Crippen molar-refractivity contribution in [2.75, 3.05) is 54.6 Å². The summed E-state index contributed by atoms with van der Waals surface area (Å²) in [5.41, 5.74) is 0.748. The summed E-state index contributed by atoms with van der Waals surface area (Å²) in [5, 5.41) is 10.4. The van der Waals surface area contributed by atoms with Gasteiger partial charge in [-0.2, -0.15) is 13.2 Å². The van der Waals surface area contributed by atoms with Crippen molar-refractivity contribution in [3.63, 3.8) is 0 Å². The Bertz CT molecular complexity index is 885. The predicted molar refractivity (Wildman–Crippen MR) is 113 cm³/mol. The van der Waals surface area contributed by atoms with E-state index in [2.05, 4.69) is 19.9 Å². The van der Waals surface area contributed by atoms with Crippen molar-refractivity contribution in [2.24, 2.45) is 0 Å². The third kappa shape index (κ3) is 8.15. The van der Waals surface area contributed by atoms with Crippen LogP contribution in [0.1, 0.15) is 31.1 Å². The quantitative estimate of drug-likeness (QED) is 0.530. The zero-order valence-electron chi connectivity index (χ0n) is 18.1. The van der Waals surface area contributed by atoms with Gasteiger partial charge in [0.05, 0.1) is 23.2 Å². The van der Waals surface area contributed by atoms with Gasteiger partial charge < -0.3 is 20.2 Å². The molecule has 0 spiro atoms. The van der Waals surface area contributed by atoms with E-state index in [0.717, 1.165) is 26.2 Å². The molecule has 2 heterocycles. The number of carbonyl (C=O) groups is 2. The number of hydrogen-bond acceptors (Lipinski definition) is 7. The highest BCUT2D eigenvalue weighted by Crippen LogP contribution is 2.24. The largest absolute Gasteiger partial charge is 0.490 e. The molecular weight excluding hydrogens is 455 g/mol. The van der Waals surface area contributed by atoms with Crippen molar-refractivity contribution < 1.29 is 36.3 Å². The third-order valence-electron chi connectivity index (χ3n) is 4.46. The summed E-state index contributed by atoms with van der Waals surface area (Å²) in [6.45, 7) is 9.73. The number of nitrogens with zero attached hydrogens (tertiary/aromatic N) is 3. The average Bonchev–Trinajstić information content (AvgIpc) is 2.74. The van der Waals surface area contributed by atoms with Crippen molar-refractivity contribution in [2.45, 2.75) is 26.9 Å². The number of sulfonamides is 1. The topological polar surface area (TPSA) is 132 Å². The van der Waals surface area contributed by atoms with Gasteiger partial charge >= 0.3 is 12.1 Å². The Kier molecular flexibility index (Phi) is 10.2. The van der Waals surface area contributed by atoms with Gasteiger partial charge in [0.25, 0.3) is 5.91 Å². The van der Waals surface area contributed by atoms with Crippen molar-refractivity contribution in [1.82, 2.24) is 15.2 Å². The number of carboxylic acid groups (broad SMARTS) is 1. The van der Waals surface area contributed by atoms with Crippen LogP contribution in [-0.4, -0.2) is 86.5 Å². The summed E-state index contributed by atoms with van der Waals surface area (Å²) in [6.07, 6.45) is -3.61. The molecule has 3 N–H and O–H groups in total. The second-order valence-electron chi connectivity index (χ2n) is 6.62. The number of pyridine rings is 1. The molecular formula is C18H28F3N5O5S. The van der Waals surface area contributed by atoms with Crippen LogP contribution in [0.15, 0.2) is 12.3 Å². The summed E-state index contributed by atoms with van der Waals surface area (Å²) in [5.74, 6) is -2.32. The fraction of sp³-hybridized carbons (Fsp3) is 0.611. The Morgan fingerprint density at radius 3 is 2.19 bits per heavy atom. The number of nitrogens with one attached hydrogen (secondary N) is 2. The van der Waals surface area contributed by atoms with Crippen LogP contribution in [0.2, 0.25) is 0 Å². The van der Waals surface area contributed by atoms with Gasteiger partial charge in [-0.1, -0.05) is 0 Å². The standard InChI is InChI=1S/C16H27N5O3S.C2HF3O2/c1-4-20(5-2)16(22)14-11-13(19-25(23,24)6-3)12-18-15(14)21-9-7-17-8-10-21;3-2(4,5)1(6)7/h11-12,17,19H,4-10H2,1-3H3;(H,6,7). The van der Waals surface area contributed by atoms with E-state index in [1.807, 2.05) is 13.8 Å². The number of halogens is 3. The first kappa shape index (κ1) is 27.4. The van der Waals surface area contributed by atoms with Crippen LogP contribution in [-0.2, 0) is 14.8 Å².